The van der Waals surface area contributed by atoms with Gasteiger partial charge in [0.05, 0.1) is 12.6 Å². The average molecular weight is 593 g/mol. The maximum Gasteiger partial charge on any atom is 0.310 e. The van der Waals surface area contributed by atoms with Crippen LogP contribution in [0.2, 0.25) is 0 Å². The normalized spacial score (nSPS) is 21.5. The second-order valence-corrected chi connectivity index (χ2v) is 13.3. The van der Waals surface area contributed by atoms with Crippen molar-refractivity contribution in [2.75, 3.05) is 13.1 Å². The largest absolute Gasteiger partial charge is 0.340 e. The zero-order valence-corrected chi connectivity index (χ0v) is 23.6. The third-order valence-corrected chi connectivity index (χ3v) is 10.5. The summed E-state index contributed by atoms with van der Waals surface area (Å²) in [4.78, 5) is 59.2. The SMILES string of the molecule is O=C(NC(CC1CC1)C(=O)N1CCC2C1C(=O)CN2S(=O)(=O)C(=O)c1ccccn1)c1ccc(-c2cccs2)cc1. The van der Waals surface area contributed by atoms with Crippen LogP contribution in [-0.4, -0.2) is 76.5 Å². The molecular weight excluding hydrogens is 564 g/mol. The first-order valence-corrected chi connectivity index (χ1v) is 15.8. The summed E-state index contributed by atoms with van der Waals surface area (Å²) in [5.41, 5.74) is 1.18. The van der Waals surface area contributed by atoms with Crippen molar-refractivity contribution >= 4 is 44.1 Å². The number of nitrogens with zero attached hydrogens (tertiary/aromatic N) is 3. The zero-order valence-electron chi connectivity index (χ0n) is 22.0. The second kappa shape index (κ2) is 10.9. The van der Waals surface area contributed by atoms with Crippen molar-refractivity contribution in [3.05, 3.63) is 77.4 Å². The number of likely N-dealkylation sites (tertiary alicyclic amines) is 1. The van der Waals surface area contributed by atoms with E-state index >= 15 is 0 Å². The summed E-state index contributed by atoms with van der Waals surface area (Å²) in [5, 5.41) is 3.68. The number of ketones is 1. The molecule has 0 spiro atoms. The first kappa shape index (κ1) is 27.4. The molecule has 3 unspecified atom stereocenters. The molecule has 10 nitrogen and oxygen atoms in total. The van der Waals surface area contributed by atoms with E-state index in [4.69, 9.17) is 0 Å². The number of thiophene rings is 1. The lowest BCUT2D eigenvalue weighted by Gasteiger charge is -2.28. The number of hydrogen-bond donors (Lipinski definition) is 1. The van der Waals surface area contributed by atoms with Gasteiger partial charge in [0.2, 0.25) is 5.91 Å². The Hall–Kier alpha value is -3.74. The zero-order chi connectivity index (χ0) is 28.7. The molecule has 41 heavy (non-hydrogen) atoms. The fourth-order valence-electron chi connectivity index (χ4n) is 5.64. The Labute approximate surface area is 241 Å². The standard InChI is InChI=1S/C29H28N4O6S2/c34-24-17-33(41(38,39)29(37)21-4-1-2-13-30-21)23-12-14-32(26(23)24)28(36)22(16-18-6-7-18)31-27(35)20-10-8-19(9-11-20)25-5-3-15-40-25/h1-5,8-11,13,15,18,22-23,26H,6-7,12,14,16-17H2,(H,31,35). The fraction of sp³-hybridized carbons (Fsp3) is 0.345. The van der Waals surface area contributed by atoms with Gasteiger partial charge in [0.1, 0.15) is 17.8 Å². The van der Waals surface area contributed by atoms with Gasteiger partial charge in [-0.15, -0.1) is 11.3 Å². The van der Waals surface area contributed by atoms with Gasteiger partial charge in [0.25, 0.3) is 15.9 Å². The lowest BCUT2D eigenvalue weighted by atomic mass is 10.1. The number of fused-ring (bicyclic) bond motifs is 1. The molecule has 2 aromatic heterocycles. The Balaban J connectivity index is 1.18. The molecule has 0 radical (unpaired) electrons. The number of carbonyl (C=O) groups excluding carboxylic acids is 4. The van der Waals surface area contributed by atoms with Gasteiger partial charge in [-0.05, 0) is 60.0 Å². The Kier molecular flexibility index (Phi) is 7.30. The van der Waals surface area contributed by atoms with Gasteiger partial charge in [-0.25, -0.2) is 8.42 Å². The van der Waals surface area contributed by atoms with Gasteiger partial charge in [0, 0.05) is 23.2 Å². The van der Waals surface area contributed by atoms with Crippen LogP contribution in [0.1, 0.15) is 46.5 Å². The maximum absolute atomic E-state index is 13.8. The predicted octanol–water partition coefficient (Wildman–Crippen LogP) is 2.73. The number of carbonyl (C=O) groups is 4. The van der Waals surface area contributed by atoms with Crippen molar-refractivity contribution in [2.24, 2.45) is 5.92 Å². The molecule has 3 atom stereocenters. The van der Waals surface area contributed by atoms with Crippen molar-refractivity contribution in [3.63, 3.8) is 0 Å². The molecule has 212 valence electrons. The molecule has 2 amide bonds. The Morgan fingerprint density at radius 1 is 1.02 bits per heavy atom. The average Bonchev–Trinajstić information content (AvgIpc) is 3.34. The molecular formula is C29H28N4O6S2. The molecule has 4 heterocycles. The highest BCUT2D eigenvalue weighted by Gasteiger charge is 2.55. The van der Waals surface area contributed by atoms with Crippen molar-refractivity contribution in [1.29, 1.82) is 0 Å². The summed E-state index contributed by atoms with van der Waals surface area (Å²) < 4.78 is 27.3. The Morgan fingerprint density at radius 3 is 2.46 bits per heavy atom. The quantitative estimate of drug-likeness (QED) is 0.425. The molecule has 3 aliphatic rings. The number of aromatic nitrogens is 1. The minimum absolute atomic E-state index is 0.149. The summed E-state index contributed by atoms with van der Waals surface area (Å²) in [6, 6.07) is 12.8. The lowest BCUT2D eigenvalue weighted by Crippen LogP contribution is -2.52. The van der Waals surface area contributed by atoms with Crippen molar-refractivity contribution in [3.8, 4) is 10.4 Å². The van der Waals surface area contributed by atoms with Crippen LogP contribution in [0.4, 0.5) is 0 Å². The van der Waals surface area contributed by atoms with Crippen LogP contribution in [0.15, 0.2) is 66.2 Å². The van der Waals surface area contributed by atoms with Gasteiger partial charge >= 0.3 is 5.12 Å². The predicted molar refractivity (Wildman–Crippen MR) is 151 cm³/mol. The van der Waals surface area contributed by atoms with Crippen molar-refractivity contribution in [1.82, 2.24) is 19.5 Å². The summed E-state index contributed by atoms with van der Waals surface area (Å²) in [5.74, 6) is -0.938. The number of rotatable bonds is 8. The van der Waals surface area contributed by atoms with Gasteiger partial charge < -0.3 is 10.2 Å². The molecule has 1 aliphatic carbocycles. The summed E-state index contributed by atoms with van der Waals surface area (Å²) in [6.45, 7) is -0.341. The first-order chi connectivity index (χ1) is 19.7. The third kappa shape index (κ3) is 5.34. The monoisotopic (exact) mass is 592 g/mol. The molecule has 1 aromatic carbocycles. The van der Waals surface area contributed by atoms with E-state index in [2.05, 4.69) is 10.3 Å². The van der Waals surface area contributed by atoms with E-state index in [9.17, 15) is 27.6 Å². The van der Waals surface area contributed by atoms with E-state index in [1.54, 1.807) is 29.5 Å². The van der Waals surface area contributed by atoms with E-state index in [0.717, 1.165) is 27.6 Å². The molecule has 2 aliphatic heterocycles. The highest BCUT2D eigenvalue weighted by Crippen LogP contribution is 2.36. The highest BCUT2D eigenvalue weighted by atomic mass is 32.2. The number of Topliss-reactive ketones (excluding diaryl/α,β-unsaturated/α-hetero) is 1. The summed E-state index contributed by atoms with van der Waals surface area (Å²) in [6.07, 6.45) is 3.90. The number of sulfonamides is 1. The minimum atomic E-state index is -4.53. The van der Waals surface area contributed by atoms with E-state index in [1.165, 1.54) is 23.2 Å². The van der Waals surface area contributed by atoms with Crippen LogP contribution in [0.25, 0.3) is 10.4 Å². The number of nitrogens with one attached hydrogen (secondary N) is 1. The van der Waals surface area contributed by atoms with Gasteiger partial charge in [0.15, 0.2) is 5.78 Å². The third-order valence-electron chi connectivity index (χ3n) is 7.90. The van der Waals surface area contributed by atoms with Crippen LogP contribution in [0.3, 0.4) is 0 Å². The van der Waals surface area contributed by atoms with E-state index in [-0.39, 0.29) is 24.6 Å². The molecule has 1 saturated carbocycles. The second-order valence-electron chi connectivity index (χ2n) is 10.6. The topological polar surface area (TPSA) is 134 Å². The van der Waals surface area contributed by atoms with E-state index in [0.29, 0.717) is 17.9 Å². The molecule has 12 heteroatoms. The lowest BCUT2D eigenvalue weighted by molar-refractivity contribution is -0.138. The van der Waals surface area contributed by atoms with Crippen LogP contribution < -0.4 is 5.32 Å². The highest BCUT2D eigenvalue weighted by molar-refractivity contribution is 8.04. The van der Waals surface area contributed by atoms with Crippen LogP contribution in [-0.2, 0) is 19.6 Å². The summed E-state index contributed by atoms with van der Waals surface area (Å²) >= 11 is 1.60. The van der Waals surface area contributed by atoms with Crippen LogP contribution >= 0.6 is 11.3 Å². The molecule has 6 rings (SSSR count). The molecule has 3 aromatic rings. The number of amides is 2. The van der Waals surface area contributed by atoms with Gasteiger partial charge in [-0.2, -0.15) is 4.31 Å². The first-order valence-electron chi connectivity index (χ1n) is 13.5. The van der Waals surface area contributed by atoms with E-state index in [1.807, 2.05) is 29.6 Å². The molecule has 3 fully saturated rings. The number of benzene rings is 1. The fourth-order valence-corrected chi connectivity index (χ4v) is 7.85. The Bertz CT molecular complexity index is 1590. The van der Waals surface area contributed by atoms with Crippen molar-refractivity contribution < 1.29 is 27.6 Å². The Morgan fingerprint density at radius 2 is 1.80 bits per heavy atom. The van der Waals surface area contributed by atoms with Gasteiger partial charge in [-0.3, -0.25) is 24.2 Å². The minimum Gasteiger partial charge on any atom is -0.340 e. The number of pyridine rings is 1. The molecule has 1 N–H and O–H groups in total. The van der Waals surface area contributed by atoms with Gasteiger partial charge in [-0.1, -0.05) is 37.1 Å². The maximum atomic E-state index is 13.8. The van der Waals surface area contributed by atoms with Crippen molar-refractivity contribution in [2.45, 2.75) is 43.8 Å². The molecule has 2 saturated heterocycles. The van der Waals surface area contributed by atoms with Crippen LogP contribution in [0, 0.1) is 5.92 Å². The number of hydrogen-bond acceptors (Lipinski definition) is 8. The van der Waals surface area contributed by atoms with Crippen LogP contribution in [0.5, 0.6) is 0 Å². The van der Waals surface area contributed by atoms with E-state index < -0.39 is 51.5 Å². The summed E-state index contributed by atoms with van der Waals surface area (Å²) in [7, 11) is -4.53. The smallest absolute Gasteiger partial charge is 0.310 e. The molecule has 0 bridgehead atoms.